The zero-order valence-electron chi connectivity index (χ0n) is 9.87. The molecule has 0 radical (unpaired) electrons. The van der Waals surface area contributed by atoms with Crippen LogP contribution in [0.3, 0.4) is 0 Å². The van der Waals surface area contributed by atoms with Gasteiger partial charge in [0, 0.05) is 0 Å². The van der Waals surface area contributed by atoms with E-state index in [2.05, 4.69) is 10.3 Å². The number of hydrogen-bond donors (Lipinski definition) is 1. The highest BCUT2D eigenvalue weighted by Gasteiger charge is 2.32. The summed E-state index contributed by atoms with van der Waals surface area (Å²) >= 11 is 17.7. The van der Waals surface area contributed by atoms with E-state index in [1.165, 1.54) is 6.20 Å². The molecular weight excluding hydrogens is 353 g/mol. The summed E-state index contributed by atoms with van der Waals surface area (Å²) in [6.45, 7) is 0. The second kappa shape index (κ2) is 5.75. The average Bonchev–Trinajstić information content (AvgIpc) is 2.70. The van der Waals surface area contributed by atoms with E-state index in [0.717, 1.165) is 23.0 Å². The normalized spacial score (nSPS) is 12.3. The first-order valence-electron chi connectivity index (χ1n) is 5.23. The molecule has 0 aliphatic carbocycles. The van der Waals surface area contributed by atoms with Gasteiger partial charge in [0.05, 0.1) is 33.6 Å². The third-order valence-electron chi connectivity index (χ3n) is 2.49. The SMILES string of the molecule is O/N=C\c1cnn(-c2c(Cl)cc(C(F)(F)F)cc2Cl)c1Cl. The summed E-state index contributed by atoms with van der Waals surface area (Å²) in [5.74, 6) is 0. The number of oxime groups is 1. The van der Waals surface area contributed by atoms with Crippen molar-refractivity contribution in [2.24, 2.45) is 5.16 Å². The van der Waals surface area contributed by atoms with E-state index in [0.29, 0.717) is 0 Å². The Hall–Kier alpha value is -1.44. The smallest absolute Gasteiger partial charge is 0.411 e. The second-order valence-electron chi connectivity index (χ2n) is 3.83. The van der Waals surface area contributed by atoms with Crippen molar-refractivity contribution in [3.8, 4) is 5.69 Å². The minimum absolute atomic E-state index is 0.00563. The van der Waals surface area contributed by atoms with Crippen LogP contribution >= 0.6 is 34.8 Å². The Morgan fingerprint density at radius 1 is 1.19 bits per heavy atom. The minimum Gasteiger partial charge on any atom is -0.411 e. The van der Waals surface area contributed by atoms with Crippen LogP contribution in [0.25, 0.3) is 5.69 Å². The van der Waals surface area contributed by atoms with Gasteiger partial charge in [0.1, 0.15) is 10.8 Å². The fourth-order valence-electron chi connectivity index (χ4n) is 1.58. The molecule has 0 unspecified atom stereocenters. The molecule has 10 heteroatoms. The van der Waals surface area contributed by atoms with Crippen molar-refractivity contribution >= 4 is 41.0 Å². The molecule has 0 amide bonds. The molecule has 0 bridgehead atoms. The molecule has 2 rings (SSSR count). The highest BCUT2D eigenvalue weighted by Crippen LogP contribution is 2.38. The van der Waals surface area contributed by atoms with Gasteiger partial charge >= 0.3 is 6.18 Å². The molecule has 0 atom stereocenters. The first-order valence-corrected chi connectivity index (χ1v) is 6.36. The molecule has 2 aromatic rings. The Bertz CT molecular complexity index is 689. The molecule has 21 heavy (non-hydrogen) atoms. The van der Waals surface area contributed by atoms with Gasteiger partial charge in [-0.15, -0.1) is 0 Å². The van der Waals surface area contributed by atoms with Crippen LogP contribution in [0.2, 0.25) is 15.2 Å². The number of halogens is 6. The summed E-state index contributed by atoms with van der Waals surface area (Å²) in [5, 5.41) is 14.5. The first kappa shape index (κ1) is 15.9. The Balaban J connectivity index is 2.61. The molecule has 1 N–H and O–H groups in total. The topological polar surface area (TPSA) is 50.4 Å². The summed E-state index contributed by atoms with van der Waals surface area (Å²) < 4.78 is 39.0. The fourth-order valence-corrected chi connectivity index (χ4v) is 2.46. The summed E-state index contributed by atoms with van der Waals surface area (Å²) in [6, 6.07) is 1.45. The maximum absolute atomic E-state index is 12.7. The molecule has 112 valence electrons. The van der Waals surface area contributed by atoms with Gasteiger partial charge in [0.15, 0.2) is 0 Å². The van der Waals surface area contributed by atoms with Crippen molar-refractivity contribution in [3.63, 3.8) is 0 Å². The molecule has 0 fully saturated rings. The van der Waals surface area contributed by atoms with E-state index < -0.39 is 11.7 Å². The molecule has 4 nitrogen and oxygen atoms in total. The maximum Gasteiger partial charge on any atom is 0.416 e. The van der Waals surface area contributed by atoms with Crippen LogP contribution in [-0.4, -0.2) is 21.2 Å². The standard InChI is InChI=1S/C11H5Cl3F3N3O/c12-7-1-6(11(15,16)17)2-8(13)9(7)20-10(14)5(3-18-20)4-19-21/h1-4,21H/b19-4-. The number of benzene rings is 1. The Morgan fingerprint density at radius 3 is 2.24 bits per heavy atom. The lowest BCUT2D eigenvalue weighted by atomic mass is 10.2. The van der Waals surface area contributed by atoms with E-state index >= 15 is 0 Å². The van der Waals surface area contributed by atoms with Crippen molar-refractivity contribution in [3.05, 3.63) is 44.7 Å². The number of alkyl halides is 3. The first-order chi connectivity index (χ1) is 9.75. The Morgan fingerprint density at radius 2 is 1.76 bits per heavy atom. The minimum atomic E-state index is -4.57. The molecule has 0 saturated carbocycles. The van der Waals surface area contributed by atoms with Crippen molar-refractivity contribution in [2.45, 2.75) is 6.18 Å². The van der Waals surface area contributed by atoms with Gasteiger partial charge in [-0.25, -0.2) is 4.68 Å². The molecule has 1 aromatic heterocycles. The van der Waals surface area contributed by atoms with Gasteiger partial charge in [0.25, 0.3) is 0 Å². The maximum atomic E-state index is 12.7. The van der Waals surface area contributed by atoms with Crippen LogP contribution in [0, 0.1) is 0 Å². The van der Waals surface area contributed by atoms with Crippen LogP contribution in [0.5, 0.6) is 0 Å². The predicted molar refractivity (Wildman–Crippen MR) is 73.0 cm³/mol. The van der Waals surface area contributed by atoms with Crippen molar-refractivity contribution in [2.75, 3.05) is 0 Å². The third kappa shape index (κ3) is 3.09. The summed E-state index contributed by atoms with van der Waals surface area (Å²) in [5.41, 5.74) is -0.748. The van der Waals surface area contributed by atoms with Crippen molar-refractivity contribution in [1.82, 2.24) is 9.78 Å². The van der Waals surface area contributed by atoms with Gasteiger partial charge in [-0.2, -0.15) is 18.3 Å². The molecule has 1 heterocycles. The van der Waals surface area contributed by atoms with Gasteiger partial charge in [-0.1, -0.05) is 40.0 Å². The van der Waals surface area contributed by atoms with Crippen LogP contribution in [0.15, 0.2) is 23.5 Å². The zero-order valence-corrected chi connectivity index (χ0v) is 12.1. The van der Waals surface area contributed by atoms with Gasteiger partial charge in [-0.3, -0.25) is 0 Å². The van der Waals surface area contributed by atoms with Crippen LogP contribution in [0.4, 0.5) is 13.2 Å². The average molecular weight is 359 g/mol. The number of nitrogens with zero attached hydrogens (tertiary/aromatic N) is 3. The Kier molecular flexibility index (Phi) is 4.36. The van der Waals surface area contributed by atoms with E-state index in [1.807, 2.05) is 0 Å². The van der Waals surface area contributed by atoms with Gasteiger partial charge in [-0.05, 0) is 12.1 Å². The molecule has 0 aliphatic rings. The van der Waals surface area contributed by atoms with E-state index in [1.54, 1.807) is 0 Å². The molecule has 0 aliphatic heterocycles. The lowest BCUT2D eigenvalue weighted by molar-refractivity contribution is -0.137. The van der Waals surface area contributed by atoms with Crippen molar-refractivity contribution < 1.29 is 18.4 Å². The van der Waals surface area contributed by atoms with Crippen molar-refractivity contribution in [1.29, 1.82) is 0 Å². The monoisotopic (exact) mass is 357 g/mol. The van der Waals surface area contributed by atoms with E-state index in [4.69, 9.17) is 40.0 Å². The number of aromatic nitrogens is 2. The third-order valence-corrected chi connectivity index (χ3v) is 3.44. The van der Waals surface area contributed by atoms with Crippen LogP contribution < -0.4 is 0 Å². The van der Waals surface area contributed by atoms with Crippen LogP contribution in [0.1, 0.15) is 11.1 Å². The summed E-state index contributed by atoms with van der Waals surface area (Å²) in [6.07, 6.45) is -2.32. The van der Waals surface area contributed by atoms with Crippen LogP contribution in [-0.2, 0) is 6.18 Å². The van der Waals surface area contributed by atoms with E-state index in [-0.39, 0.29) is 26.4 Å². The quantitative estimate of drug-likeness (QED) is 0.482. The lowest BCUT2D eigenvalue weighted by Crippen LogP contribution is -2.07. The molecular formula is C11H5Cl3F3N3O. The van der Waals surface area contributed by atoms with E-state index in [9.17, 15) is 13.2 Å². The largest absolute Gasteiger partial charge is 0.416 e. The molecule has 1 aromatic carbocycles. The fraction of sp³-hybridized carbons (Fsp3) is 0.0909. The summed E-state index contributed by atoms with van der Waals surface area (Å²) in [7, 11) is 0. The molecule has 0 saturated heterocycles. The second-order valence-corrected chi connectivity index (χ2v) is 5.01. The Labute approximate surface area is 131 Å². The predicted octanol–water partition coefficient (Wildman–Crippen LogP) is 4.66. The van der Waals surface area contributed by atoms with Gasteiger partial charge < -0.3 is 5.21 Å². The molecule has 0 spiro atoms. The highest BCUT2D eigenvalue weighted by atomic mass is 35.5. The van der Waals surface area contributed by atoms with Gasteiger partial charge in [0.2, 0.25) is 0 Å². The summed E-state index contributed by atoms with van der Waals surface area (Å²) in [4.78, 5) is 0. The number of rotatable bonds is 2. The zero-order chi connectivity index (χ0) is 15.8. The number of hydrogen-bond acceptors (Lipinski definition) is 3. The lowest BCUT2D eigenvalue weighted by Gasteiger charge is -2.12. The highest BCUT2D eigenvalue weighted by molar-refractivity contribution is 6.38.